The number of carbonyl (C=O) groups excluding carboxylic acids is 1. The number of aromatic hydroxyl groups is 1. The van der Waals surface area contributed by atoms with Crippen molar-refractivity contribution in [2.24, 2.45) is 50.2 Å². The lowest BCUT2D eigenvalue weighted by atomic mass is 9.33. The van der Waals surface area contributed by atoms with Gasteiger partial charge in [0.15, 0.2) is 0 Å². The highest BCUT2D eigenvalue weighted by Gasteiger charge is 2.68. The van der Waals surface area contributed by atoms with Gasteiger partial charge in [-0.1, -0.05) is 65.3 Å². The summed E-state index contributed by atoms with van der Waals surface area (Å²) in [7, 11) is 0. The van der Waals surface area contributed by atoms with Gasteiger partial charge in [0.25, 0.3) is 0 Å². The van der Waals surface area contributed by atoms with E-state index in [9.17, 15) is 19.8 Å². The van der Waals surface area contributed by atoms with Crippen LogP contribution in [0, 0.1) is 50.2 Å². The Morgan fingerprint density at radius 1 is 0.864 bits per heavy atom. The Bertz CT molecular complexity index is 1390. The second-order valence-electron chi connectivity index (χ2n) is 17.3. The lowest BCUT2D eigenvalue weighted by Crippen LogP contribution is -2.64. The largest absolute Gasteiger partial charge is 0.508 e. The molecule has 9 atom stereocenters. The standard InChI is InChI=1S/C39H54O5/c1-34(2)29-16-19-39(7)30(37(29,5)18-17-31(34)44-32(41)15-10-25-8-11-26(40)12-9-25)14-13-27-28-24-36(4,33(42)43)21-20-35(28,3)22-23-38(27,39)6/h8-13,15,28-31,40H,14,16-24H2,1-7H3,(H,42,43)/t28-,29-,30+,31+,35+,36-,37-,38+,39+/m0/s1. The number of allylic oxidation sites excluding steroid dienone is 2. The van der Waals surface area contributed by atoms with E-state index < -0.39 is 11.4 Å². The zero-order valence-electron chi connectivity index (χ0n) is 28.0. The van der Waals surface area contributed by atoms with Crippen LogP contribution in [0.25, 0.3) is 6.08 Å². The van der Waals surface area contributed by atoms with Crippen molar-refractivity contribution in [3.05, 3.63) is 47.6 Å². The third-order valence-electron chi connectivity index (χ3n) is 14.9. The molecule has 1 aromatic rings. The minimum Gasteiger partial charge on any atom is -0.508 e. The number of aliphatic carboxylic acids is 1. The van der Waals surface area contributed by atoms with Gasteiger partial charge in [0.05, 0.1) is 5.41 Å². The fraction of sp³-hybridized carbons (Fsp3) is 0.692. The fourth-order valence-electron chi connectivity index (χ4n) is 11.7. The minimum atomic E-state index is -0.635. The molecule has 0 unspecified atom stereocenters. The Morgan fingerprint density at radius 3 is 2.23 bits per heavy atom. The van der Waals surface area contributed by atoms with Crippen LogP contribution >= 0.6 is 0 Å². The summed E-state index contributed by atoms with van der Waals surface area (Å²) in [6.45, 7) is 16.7. The monoisotopic (exact) mass is 602 g/mol. The molecule has 0 aromatic heterocycles. The number of esters is 1. The molecule has 5 aliphatic rings. The molecule has 2 N–H and O–H groups in total. The van der Waals surface area contributed by atoms with Gasteiger partial charge >= 0.3 is 11.9 Å². The Morgan fingerprint density at radius 2 is 1.55 bits per heavy atom. The molecule has 5 heteroatoms. The van der Waals surface area contributed by atoms with Crippen molar-refractivity contribution in [2.45, 2.75) is 119 Å². The van der Waals surface area contributed by atoms with Gasteiger partial charge in [0.2, 0.25) is 0 Å². The molecular weight excluding hydrogens is 548 g/mol. The molecule has 0 amide bonds. The van der Waals surface area contributed by atoms with Gasteiger partial charge in [-0.15, -0.1) is 0 Å². The summed E-state index contributed by atoms with van der Waals surface area (Å²) in [5, 5.41) is 19.7. The van der Waals surface area contributed by atoms with Gasteiger partial charge in [0, 0.05) is 11.5 Å². The van der Waals surface area contributed by atoms with Gasteiger partial charge < -0.3 is 14.9 Å². The van der Waals surface area contributed by atoms with Crippen molar-refractivity contribution in [1.82, 2.24) is 0 Å². The first-order valence-corrected chi connectivity index (χ1v) is 17.1. The summed E-state index contributed by atoms with van der Waals surface area (Å²) in [6.07, 6.45) is 16.0. The maximum atomic E-state index is 13.0. The molecular formula is C39H54O5. The second-order valence-corrected chi connectivity index (χ2v) is 17.3. The summed E-state index contributed by atoms with van der Waals surface area (Å²) in [5.41, 5.74) is 2.25. The quantitative estimate of drug-likeness (QED) is 0.204. The van der Waals surface area contributed by atoms with Gasteiger partial charge in [-0.25, -0.2) is 4.79 Å². The molecule has 0 heterocycles. The number of carboxylic acids is 1. The molecule has 44 heavy (non-hydrogen) atoms. The maximum absolute atomic E-state index is 13.0. The number of rotatable bonds is 4. The summed E-state index contributed by atoms with van der Waals surface area (Å²) >= 11 is 0. The van der Waals surface area contributed by atoms with E-state index in [0.717, 1.165) is 56.9 Å². The first-order chi connectivity index (χ1) is 20.5. The lowest BCUT2D eigenvalue weighted by Gasteiger charge is -2.71. The van der Waals surface area contributed by atoms with Crippen LogP contribution < -0.4 is 0 Å². The van der Waals surface area contributed by atoms with Gasteiger partial charge in [0.1, 0.15) is 11.9 Å². The van der Waals surface area contributed by atoms with Crippen LogP contribution in [0.1, 0.15) is 118 Å². The number of benzene rings is 1. The number of hydrogen-bond donors (Lipinski definition) is 2. The van der Waals surface area contributed by atoms with E-state index in [4.69, 9.17) is 4.74 Å². The number of fused-ring (bicyclic) bond motifs is 7. The average Bonchev–Trinajstić information content (AvgIpc) is 2.95. The predicted molar refractivity (Wildman–Crippen MR) is 174 cm³/mol. The van der Waals surface area contributed by atoms with Crippen LogP contribution in [-0.2, 0) is 14.3 Å². The van der Waals surface area contributed by atoms with Crippen LogP contribution in [0.3, 0.4) is 0 Å². The number of carboxylic acid groups (broad SMARTS) is 1. The third kappa shape index (κ3) is 4.53. The average molecular weight is 603 g/mol. The van der Waals surface area contributed by atoms with Gasteiger partial charge in [-0.2, -0.15) is 0 Å². The molecule has 0 aliphatic heterocycles. The van der Waals surface area contributed by atoms with Crippen LogP contribution in [0.2, 0.25) is 0 Å². The Kier molecular flexibility index (Phi) is 7.30. The highest BCUT2D eigenvalue weighted by molar-refractivity contribution is 5.87. The van der Waals surface area contributed by atoms with Gasteiger partial charge in [-0.3, -0.25) is 4.79 Å². The van der Waals surface area contributed by atoms with Crippen molar-refractivity contribution in [3.8, 4) is 5.75 Å². The molecule has 0 radical (unpaired) electrons. The number of carbonyl (C=O) groups is 2. The SMILES string of the molecule is CC1(C)[C@H](OC(=O)C=Cc2ccc(O)cc2)CC[C@]2(C)[C@H]3CC=C4[C@@H]5C[C@@](C)(C(=O)O)CC[C@]5(C)CC[C@@]4(C)[C@]3(C)CC[C@@H]12. The Hall–Kier alpha value is -2.56. The predicted octanol–water partition coefficient (Wildman–Crippen LogP) is 9.20. The summed E-state index contributed by atoms with van der Waals surface area (Å²) in [5.74, 6) is 0.626. The van der Waals surface area contributed by atoms with Gasteiger partial charge in [-0.05, 0) is 134 Å². The Labute approximate surface area is 264 Å². The summed E-state index contributed by atoms with van der Waals surface area (Å²) in [6, 6.07) is 6.80. The first kappa shape index (κ1) is 31.4. The molecule has 0 spiro atoms. The molecule has 0 saturated heterocycles. The number of ether oxygens (including phenoxy) is 1. The smallest absolute Gasteiger partial charge is 0.331 e. The molecule has 4 fully saturated rings. The van der Waals surface area contributed by atoms with E-state index in [1.807, 2.05) is 6.92 Å². The maximum Gasteiger partial charge on any atom is 0.331 e. The number of hydrogen-bond acceptors (Lipinski definition) is 4. The van der Waals surface area contributed by atoms with E-state index in [-0.39, 0.29) is 44.9 Å². The minimum absolute atomic E-state index is 0.0807. The first-order valence-electron chi connectivity index (χ1n) is 17.1. The third-order valence-corrected chi connectivity index (χ3v) is 14.9. The Balaban J connectivity index is 1.25. The molecule has 5 aliphatic carbocycles. The normalized spacial score (nSPS) is 44.4. The van der Waals surface area contributed by atoms with Crippen molar-refractivity contribution < 1.29 is 24.5 Å². The molecule has 240 valence electrons. The van der Waals surface area contributed by atoms with Crippen LogP contribution in [0.4, 0.5) is 0 Å². The molecule has 6 rings (SSSR count). The summed E-state index contributed by atoms with van der Waals surface area (Å²) in [4.78, 5) is 25.4. The summed E-state index contributed by atoms with van der Waals surface area (Å²) < 4.78 is 6.19. The van der Waals surface area contributed by atoms with E-state index in [0.29, 0.717) is 17.8 Å². The second kappa shape index (κ2) is 10.2. The molecule has 4 saturated carbocycles. The molecule has 5 nitrogen and oxygen atoms in total. The van der Waals surface area contributed by atoms with Crippen LogP contribution in [-0.4, -0.2) is 28.3 Å². The number of phenols is 1. The van der Waals surface area contributed by atoms with E-state index in [1.165, 1.54) is 18.9 Å². The van der Waals surface area contributed by atoms with E-state index in [1.54, 1.807) is 35.9 Å². The van der Waals surface area contributed by atoms with Crippen molar-refractivity contribution in [2.75, 3.05) is 0 Å². The zero-order valence-corrected chi connectivity index (χ0v) is 28.0. The molecule has 0 bridgehead atoms. The van der Waals surface area contributed by atoms with Crippen LogP contribution in [0.15, 0.2) is 42.0 Å². The van der Waals surface area contributed by atoms with Crippen molar-refractivity contribution in [3.63, 3.8) is 0 Å². The molecule has 1 aromatic carbocycles. The number of phenolic OH excluding ortho intramolecular Hbond substituents is 1. The van der Waals surface area contributed by atoms with E-state index in [2.05, 4.69) is 47.6 Å². The highest BCUT2D eigenvalue weighted by atomic mass is 16.5. The van der Waals surface area contributed by atoms with E-state index >= 15 is 0 Å². The topological polar surface area (TPSA) is 83.8 Å². The van der Waals surface area contributed by atoms with Crippen LogP contribution in [0.5, 0.6) is 5.75 Å². The fourth-order valence-corrected chi connectivity index (χ4v) is 11.7. The highest BCUT2D eigenvalue weighted by Crippen LogP contribution is 2.75. The lowest BCUT2D eigenvalue weighted by molar-refractivity contribution is -0.211. The zero-order chi connectivity index (χ0) is 31.9. The van der Waals surface area contributed by atoms with Crippen molar-refractivity contribution in [1.29, 1.82) is 0 Å². The van der Waals surface area contributed by atoms with Crippen molar-refractivity contribution >= 4 is 18.0 Å².